The van der Waals surface area contributed by atoms with Gasteiger partial charge in [0.1, 0.15) is 23.7 Å². The summed E-state index contributed by atoms with van der Waals surface area (Å²) in [6, 6.07) is 12.1. The Morgan fingerprint density at radius 1 is 1.18 bits per heavy atom. The summed E-state index contributed by atoms with van der Waals surface area (Å²) >= 11 is 1.30. The van der Waals surface area contributed by atoms with Gasteiger partial charge in [0.15, 0.2) is 5.13 Å². The lowest BCUT2D eigenvalue weighted by atomic mass is 9.92. The molecule has 0 radical (unpaired) electrons. The molecule has 1 aliphatic heterocycles. The lowest BCUT2D eigenvalue weighted by Gasteiger charge is -2.22. The fraction of sp³-hybridized carbons (Fsp3) is 0.250. The summed E-state index contributed by atoms with van der Waals surface area (Å²) in [7, 11) is 0. The van der Waals surface area contributed by atoms with Gasteiger partial charge in [0, 0.05) is 10.4 Å². The largest absolute Gasteiger partial charge is 0.494 e. The van der Waals surface area contributed by atoms with E-state index >= 15 is 0 Å². The van der Waals surface area contributed by atoms with Crippen LogP contribution in [0.25, 0.3) is 11.3 Å². The summed E-state index contributed by atoms with van der Waals surface area (Å²) < 4.78 is 18.7. The number of hydrogen-bond acceptors (Lipinski definition) is 6. The zero-order valence-electron chi connectivity index (χ0n) is 18.8. The highest BCUT2D eigenvalue weighted by Crippen LogP contribution is 2.32. The van der Waals surface area contributed by atoms with Crippen molar-refractivity contribution in [2.45, 2.75) is 26.3 Å². The van der Waals surface area contributed by atoms with Gasteiger partial charge in [-0.3, -0.25) is 14.5 Å². The summed E-state index contributed by atoms with van der Waals surface area (Å²) in [6.45, 7) is 5.43. The smallest absolute Gasteiger partial charge is 0.325 e. The van der Waals surface area contributed by atoms with Gasteiger partial charge >= 0.3 is 6.03 Å². The average Bonchev–Trinajstić information content (AvgIpc) is 3.27. The highest BCUT2D eigenvalue weighted by molar-refractivity contribution is 7.16. The van der Waals surface area contributed by atoms with Crippen molar-refractivity contribution in [3.8, 4) is 17.0 Å². The molecule has 1 atom stereocenters. The third-order valence-electron chi connectivity index (χ3n) is 5.48. The van der Waals surface area contributed by atoms with Crippen molar-refractivity contribution in [3.63, 3.8) is 0 Å². The van der Waals surface area contributed by atoms with Crippen LogP contribution in [0.3, 0.4) is 0 Å². The topological polar surface area (TPSA) is 101 Å². The Hall–Kier alpha value is -3.79. The minimum absolute atomic E-state index is 0.361. The molecule has 1 saturated heterocycles. The maximum absolute atomic E-state index is 13.3. The summed E-state index contributed by atoms with van der Waals surface area (Å²) in [5.41, 5.74) is 0.638. The van der Waals surface area contributed by atoms with Crippen molar-refractivity contribution in [1.29, 1.82) is 0 Å². The number of aryl methyl sites for hydroxylation is 1. The Labute approximate surface area is 199 Å². The number of imide groups is 1. The number of rotatable bonds is 7. The normalized spacial score (nSPS) is 17.6. The Bertz CT molecular complexity index is 1240. The molecular weight excluding hydrogens is 459 g/mol. The molecule has 8 nitrogen and oxygen atoms in total. The zero-order chi connectivity index (χ0) is 24.5. The van der Waals surface area contributed by atoms with Crippen LogP contribution < -0.4 is 15.4 Å². The maximum atomic E-state index is 13.3. The summed E-state index contributed by atoms with van der Waals surface area (Å²) in [5.74, 6) is -0.846. The number of ether oxygens (including phenoxy) is 1. The van der Waals surface area contributed by atoms with E-state index in [1.807, 2.05) is 38.1 Å². The molecule has 1 aliphatic rings. The molecule has 0 spiro atoms. The lowest BCUT2D eigenvalue weighted by molar-refractivity contribution is -0.133. The molecule has 4 rings (SSSR count). The van der Waals surface area contributed by atoms with Crippen molar-refractivity contribution in [2.24, 2.45) is 0 Å². The molecule has 2 N–H and O–H groups in total. The summed E-state index contributed by atoms with van der Waals surface area (Å²) in [4.78, 5) is 44.3. The molecule has 1 aromatic heterocycles. The quantitative estimate of drug-likeness (QED) is 0.495. The van der Waals surface area contributed by atoms with E-state index in [1.54, 1.807) is 0 Å². The molecule has 176 valence electrons. The number of thiazole rings is 1. The first kappa shape index (κ1) is 23.4. The average molecular weight is 483 g/mol. The molecule has 2 heterocycles. The van der Waals surface area contributed by atoms with Gasteiger partial charge in [-0.05, 0) is 62.7 Å². The number of aromatic nitrogens is 1. The van der Waals surface area contributed by atoms with E-state index in [-0.39, 0.29) is 0 Å². The SMILES string of the molecule is CCOc1ccc(-c2nc(NC(=O)CN3C(=O)NC(C)(c4ccc(F)cc4)C3=O)sc2C)cc1. The number of nitrogens with zero attached hydrogens (tertiary/aromatic N) is 2. The Kier molecular flexibility index (Phi) is 6.34. The van der Waals surface area contributed by atoms with Crippen molar-refractivity contribution in [3.05, 3.63) is 64.8 Å². The van der Waals surface area contributed by atoms with E-state index in [9.17, 15) is 18.8 Å². The second kappa shape index (κ2) is 9.22. The molecule has 10 heteroatoms. The minimum Gasteiger partial charge on any atom is -0.494 e. The third kappa shape index (κ3) is 4.49. The number of nitrogens with one attached hydrogen (secondary N) is 2. The molecule has 2 aromatic carbocycles. The van der Waals surface area contributed by atoms with Crippen molar-refractivity contribution in [1.82, 2.24) is 15.2 Å². The molecule has 0 aliphatic carbocycles. The number of amides is 4. The van der Waals surface area contributed by atoms with Gasteiger partial charge in [-0.2, -0.15) is 0 Å². The third-order valence-corrected chi connectivity index (χ3v) is 6.37. The van der Waals surface area contributed by atoms with Crippen molar-refractivity contribution >= 4 is 34.3 Å². The number of halogens is 1. The predicted octanol–water partition coefficient (Wildman–Crippen LogP) is 4.06. The first-order valence-corrected chi connectivity index (χ1v) is 11.4. The van der Waals surface area contributed by atoms with Crippen molar-refractivity contribution in [2.75, 3.05) is 18.5 Å². The van der Waals surface area contributed by atoms with E-state index in [1.165, 1.54) is 42.5 Å². The van der Waals surface area contributed by atoms with Crippen LogP contribution in [0.5, 0.6) is 5.75 Å². The van der Waals surface area contributed by atoms with Gasteiger partial charge in [-0.25, -0.2) is 14.2 Å². The number of urea groups is 1. The molecular formula is C24H23FN4O4S. The van der Waals surface area contributed by atoms with Gasteiger partial charge < -0.3 is 15.4 Å². The molecule has 1 unspecified atom stereocenters. The van der Waals surface area contributed by atoms with E-state index in [0.717, 1.165) is 26.8 Å². The Morgan fingerprint density at radius 2 is 1.85 bits per heavy atom. The van der Waals surface area contributed by atoms with Gasteiger partial charge in [-0.1, -0.05) is 12.1 Å². The Balaban J connectivity index is 1.45. The van der Waals surface area contributed by atoms with Crippen LogP contribution in [0.15, 0.2) is 48.5 Å². The number of benzene rings is 2. The second-order valence-electron chi connectivity index (χ2n) is 7.88. The van der Waals surface area contributed by atoms with Gasteiger partial charge in [0.25, 0.3) is 5.91 Å². The fourth-order valence-electron chi connectivity index (χ4n) is 3.72. The minimum atomic E-state index is -1.39. The molecule has 0 bridgehead atoms. The number of carbonyl (C=O) groups is 3. The number of hydrogen-bond donors (Lipinski definition) is 2. The second-order valence-corrected chi connectivity index (χ2v) is 9.09. The van der Waals surface area contributed by atoms with Crippen LogP contribution >= 0.6 is 11.3 Å². The highest BCUT2D eigenvalue weighted by Gasteiger charge is 2.49. The van der Waals surface area contributed by atoms with Gasteiger partial charge in [0.05, 0.1) is 12.3 Å². The van der Waals surface area contributed by atoms with Crippen LogP contribution in [0.1, 0.15) is 24.3 Å². The summed E-state index contributed by atoms with van der Waals surface area (Å²) in [6.07, 6.45) is 0. The molecule has 0 saturated carbocycles. The van der Waals surface area contributed by atoms with Crippen LogP contribution in [-0.2, 0) is 15.1 Å². The Morgan fingerprint density at radius 3 is 2.50 bits per heavy atom. The van der Waals surface area contributed by atoms with Crippen LogP contribution in [-0.4, -0.2) is 40.9 Å². The fourth-order valence-corrected chi connectivity index (χ4v) is 4.57. The van der Waals surface area contributed by atoms with Crippen LogP contribution in [0.4, 0.5) is 14.3 Å². The molecule has 4 amide bonds. The lowest BCUT2D eigenvalue weighted by Crippen LogP contribution is -2.42. The van der Waals surface area contributed by atoms with E-state index < -0.39 is 35.7 Å². The summed E-state index contributed by atoms with van der Waals surface area (Å²) in [5, 5.41) is 5.62. The number of carbonyl (C=O) groups excluding carboxylic acids is 3. The predicted molar refractivity (Wildman–Crippen MR) is 126 cm³/mol. The van der Waals surface area contributed by atoms with Crippen LogP contribution in [0, 0.1) is 12.7 Å². The molecule has 3 aromatic rings. The highest BCUT2D eigenvalue weighted by atomic mass is 32.1. The zero-order valence-corrected chi connectivity index (χ0v) is 19.7. The standard InChI is InChI=1S/C24H23FN4O4S/c1-4-33-18-11-5-15(6-12-18)20-14(2)34-22(27-20)26-19(30)13-29-21(31)24(3,28-23(29)32)16-7-9-17(25)10-8-16/h5-12H,4,13H2,1-3H3,(H,28,32)(H,26,27,30). The first-order valence-electron chi connectivity index (χ1n) is 10.6. The molecule has 1 fully saturated rings. The van der Waals surface area contributed by atoms with Crippen molar-refractivity contribution < 1.29 is 23.5 Å². The maximum Gasteiger partial charge on any atom is 0.325 e. The van der Waals surface area contributed by atoms with E-state index in [0.29, 0.717) is 17.3 Å². The monoisotopic (exact) mass is 482 g/mol. The first-order chi connectivity index (χ1) is 16.2. The molecule has 34 heavy (non-hydrogen) atoms. The van der Waals surface area contributed by atoms with Crippen LogP contribution in [0.2, 0.25) is 0 Å². The van der Waals surface area contributed by atoms with E-state index in [4.69, 9.17) is 4.74 Å². The van der Waals surface area contributed by atoms with Gasteiger partial charge in [0.2, 0.25) is 5.91 Å². The number of anilines is 1. The van der Waals surface area contributed by atoms with Gasteiger partial charge in [-0.15, -0.1) is 11.3 Å². The van der Waals surface area contributed by atoms with E-state index in [2.05, 4.69) is 15.6 Å².